The zero-order valence-electron chi connectivity index (χ0n) is 13.5. The van der Waals surface area contributed by atoms with Crippen molar-refractivity contribution in [3.63, 3.8) is 0 Å². The fraction of sp³-hybridized carbons (Fsp3) is 0.353. The lowest BCUT2D eigenvalue weighted by Crippen LogP contribution is -2.24. The van der Waals surface area contributed by atoms with Gasteiger partial charge in [0, 0.05) is 28.9 Å². The first-order valence-corrected chi connectivity index (χ1v) is 9.12. The first kappa shape index (κ1) is 18.4. The van der Waals surface area contributed by atoms with Crippen LogP contribution >= 0.6 is 22.9 Å². The summed E-state index contributed by atoms with van der Waals surface area (Å²) in [6.45, 7) is 2.80. The van der Waals surface area contributed by atoms with E-state index in [9.17, 15) is 9.59 Å². The minimum Gasteiger partial charge on any atom is -0.356 e. The van der Waals surface area contributed by atoms with E-state index in [-0.39, 0.29) is 11.8 Å². The van der Waals surface area contributed by atoms with Crippen molar-refractivity contribution < 1.29 is 9.59 Å². The molecule has 1 aromatic heterocycles. The maximum Gasteiger partial charge on any atom is 0.257 e. The Labute approximate surface area is 150 Å². The van der Waals surface area contributed by atoms with E-state index in [1.807, 2.05) is 5.38 Å². The Morgan fingerprint density at radius 2 is 2.00 bits per heavy atom. The summed E-state index contributed by atoms with van der Waals surface area (Å²) in [5.74, 6) is -0.201. The summed E-state index contributed by atoms with van der Waals surface area (Å²) >= 11 is 7.15. The van der Waals surface area contributed by atoms with Crippen LogP contribution in [0.5, 0.6) is 0 Å². The minimum absolute atomic E-state index is 0.0307. The van der Waals surface area contributed by atoms with E-state index < -0.39 is 0 Å². The van der Waals surface area contributed by atoms with E-state index in [0.717, 1.165) is 25.1 Å². The van der Waals surface area contributed by atoms with Crippen molar-refractivity contribution in [3.8, 4) is 0 Å². The van der Waals surface area contributed by atoms with Crippen LogP contribution in [0.4, 0.5) is 5.13 Å². The van der Waals surface area contributed by atoms with Gasteiger partial charge in [-0.2, -0.15) is 0 Å². The number of thiazole rings is 1. The number of amides is 2. The normalized spacial score (nSPS) is 10.4. The van der Waals surface area contributed by atoms with Crippen LogP contribution in [0.25, 0.3) is 0 Å². The molecule has 0 aliphatic carbocycles. The molecular formula is C17H20ClN3O2S. The third-order valence-electron chi connectivity index (χ3n) is 3.34. The Bertz CT molecular complexity index is 685. The monoisotopic (exact) mass is 365 g/mol. The lowest BCUT2D eigenvalue weighted by molar-refractivity contribution is -0.121. The average Bonchev–Trinajstić information content (AvgIpc) is 3.01. The van der Waals surface area contributed by atoms with Gasteiger partial charge in [-0.05, 0) is 37.1 Å². The molecule has 1 aromatic carbocycles. The van der Waals surface area contributed by atoms with Gasteiger partial charge in [-0.15, -0.1) is 11.3 Å². The van der Waals surface area contributed by atoms with Crippen LogP contribution < -0.4 is 10.6 Å². The largest absolute Gasteiger partial charge is 0.356 e. The second-order valence-electron chi connectivity index (χ2n) is 5.31. The van der Waals surface area contributed by atoms with Gasteiger partial charge >= 0.3 is 0 Å². The van der Waals surface area contributed by atoms with E-state index >= 15 is 0 Å². The van der Waals surface area contributed by atoms with E-state index in [1.54, 1.807) is 24.3 Å². The third kappa shape index (κ3) is 5.94. The number of anilines is 1. The summed E-state index contributed by atoms with van der Waals surface area (Å²) in [4.78, 5) is 28.1. The summed E-state index contributed by atoms with van der Waals surface area (Å²) in [7, 11) is 0. The van der Waals surface area contributed by atoms with Crippen LogP contribution in [0, 0.1) is 0 Å². The van der Waals surface area contributed by atoms with Crippen LogP contribution in [0.3, 0.4) is 0 Å². The Morgan fingerprint density at radius 1 is 1.25 bits per heavy atom. The molecule has 0 atom stereocenters. The molecule has 2 N–H and O–H groups in total. The van der Waals surface area contributed by atoms with Crippen LogP contribution in [-0.4, -0.2) is 23.3 Å². The SMILES string of the molecule is CCCCNC(=O)CCc1csc(NC(=O)c2ccc(Cl)cc2)n1. The highest BCUT2D eigenvalue weighted by Crippen LogP contribution is 2.18. The minimum atomic E-state index is -0.232. The third-order valence-corrected chi connectivity index (χ3v) is 4.40. The van der Waals surface area contributed by atoms with Gasteiger partial charge < -0.3 is 5.32 Å². The van der Waals surface area contributed by atoms with Gasteiger partial charge in [-0.25, -0.2) is 4.98 Å². The molecule has 2 rings (SSSR count). The number of unbranched alkanes of at least 4 members (excludes halogenated alkanes) is 1. The number of nitrogens with one attached hydrogen (secondary N) is 2. The van der Waals surface area contributed by atoms with Crippen molar-refractivity contribution in [1.29, 1.82) is 0 Å². The van der Waals surface area contributed by atoms with Gasteiger partial charge in [0.15, 0.2) is 5.13 Å². The number of hydrogen-bond acceptors (Lipinski definition) is 4. The molecule has 0 unspecified atom stereocenters. The highest BCUT2D eigenvalue weighted by molar-refractivity contribution is 7.14. The zero-order chi connectivity index (χ0) is 17.4. The quantitative estimate of drug-likeness (QED) is 0.697. The van der Waals surface area contributed by atoms with E-state index in [2.05, 4.69) is 22.5 Å². The molecular weight excluding hydrogens is 346 g/mol. The molecule has 0 fully saturated rings. The number of rotatable bonds is 8. The van der Waals surface area contributed by atoms with Gasteiger partial charge in [0.1, 0.15) is 0 Å². The summed E-state index contributed by atoms with van der Waals surface area (Å²) in [6, 6.07) is 6.65. The molecule has 0 aliphatic heterocycles. The summed E-state index contributed by atoms with van der Waals surface area (Å²) in [5, 5.41) is 8.59. The maximum atomic E-state index is 12.1. The number of nitrogens with zero attached hydrogens (tertiary/aromatic N) is 1. The molecule has 0 bridgehead atoms. The Kier molecular flexibility index (Phi) is 7.21. The van der Waals surface area contributed by atoms with Crippen molar-refractivity contribution >= 4 is 39.9 Å². The van der Waals surface area contributed by atoms with Crippen molar-refractivity contribution in [2.45, 2.75) is 32.6 Å². The molecule has 1 heterocycles. The molecule has 24 heavy (non-hydrogen) atoms. The average molecular weight is 366 g/mol. The van der Waals surface area contributed by atoms with Crippen LogP contribution in [-0.2, 0) is 11.2 Å². The summed E-state index contributed by atoms with van der Waals surface area (Å²) in [5.41, 5.74) is 1.32. The number of carbonyl (C=O) groups is 2. The molecule has 0 saturated heterocycles. The highest BCUT2D eigenvalue weighted by Gasteiger charge is 2.10. The smallest absolute Gasteiger partial charge is 0.257 e. The second-order valence-corrected chi connectivity index (χ2v) is 6.60. The first-order chi connectivity index (χ1) is 11.6. The molecule has 2 amide bonds. The van der Waals surface area contributed by atoms with Crippen molar-refractivity contribution in [1.82, 2.24) is 10.3 Å². The standard InChI is InChI=1S/C17H20ClN3O2S/c1-2-3-10-19-15(22)9-8-14-11-24-17(20-14)21-16(23)12-4-6-13(18)7-5-12/h4-7,11H,2-3,8-10H2,1H3,(H,19,22)(H,20,21,23). The number of carbonyl (C=O) groups excluding carboxylic acids is 2. The number of halogens is 1. The van der Waals surface area contributed by atoms with Gasteiger partial charge in [-0.3, -0.25) is 14.9 Å². The van der Waals surface area contributed by atoms with Gasteiger partial charge in [0.2, 0.25) is 5.91 Å². The van der Waals surface area contributed by atoms with Gasteiger partial charge in [-0.1, -0.05) is 24.9 Å². The molecule has 0 radical (unpaired) electrons. The number of hydrogen-bond donors (Lipinski definition) is 2. The molecule has 2 aromatic rings. The van der Waals surface area contributed by atoms with Crippen molar-refractivity contribution in [2.24, 2.45) is 0 Å². The number of aryl methyl sites for hydroxylation is 1. The predicted octanol–water partition coefficient (Wildman–Crippen LogP) is 3.90. The van der Waals surface area contributed by atoms with Crippen molar-refractivity contribution in [2.75, 3.05) is 11.9 Å². The Morgan fingerprint density at radius 3 is 2.71 bits per heavy atom. The topological polar surface area (TPSA) is 71.1 Å². The zero-order valence-corrected chi connectivity index (χ0v) is 15.0. The molecule has 0 aliphatic rings. The van der Waals surface area contributed by atoms with E-state index in [4.69, 9.17) is 11.6 Å². The fourth-order valence-electron chi connectivity index (χ4n) is 1.98. The lowest BCUT2D eigenvalue weighted by Gasteiger charge is -2.03. The molecule has 0 spiro atoms. The lowest BCUT2D eigenvalue weighted by atomic mass is 10.2. The second kappa shape index (κ2) is 9.39. The van der Waals surface area contributed by atoms with Crippen LogP contribution in [0.2, 0.25) is 5.02 Å². The molecule has 5 nitrogen and oxygen atoms in total. The van der Waals surface area contributed by atoms with Gasteiger partial charge in [0.25, 0.3) is 5.91 Å². The van der Waals surface area contributed by atoms with E-state index in [0.29, 0.717) is 28.6 Å². The van der Waals surface area contributed by atoms with Crippen LogP contribution in [0.15, 0.2) is 29.6 Å². The van der Waals surface area contributed by atoms with E-state index in [1.165, 1.54) is 11.3 Å². The molecule has 7 heteroatoms. The summed E-state index contributed by atoms with van der Waals surface area (Å²) in [6.07, 6.45) is 3.01. The first-order valence-electron chi connectivity index (χ1n) is 7.86. The van der Waals surface area contributed by atoms with Gasteiger partial charge in [0.05, 0.1) is 5.69 Å². The maximum absolute atomic E-state index is 12.1. The summed E-state index contributed by atoms with van der Waals surface area (Å²) < 4.78 is 0. The molecule has 0 saturated carbocycles. The number of aromatic nitrogens is 1. The van der Waals surface area contributed by atoms with Crippen molar-refractivity contribution in [3.05, 3.63) is 45.9 Å². The molecule has 128 valence electrons. The Hall–Kier alpha value is -1.92. The fourth-order valence-corrected chi connectivity index (χ4v) is 2.85. The Balaban J connectivity index is 1.81. The predicted molar refractivity (Wildman–Crippen MR) is 97.8 cm³/mol. The van der Waals surface area contributed by atoms with Crippen LogP contribution in [0.1, 0.15) is 42.2 Å². The number of benzene rings is 1. The highest BCUT2D eigenvalue weighted by atomic mass is 35.5.